The minimum Gasteiger partial charge on any atom is -0.421 e. The number of halogens is 1. The number of nitrogens with zero attached hydrogens (tertiary/aromatic N) is 3. The standard InChI is InChI=1S/C13H10ClN3O/c14-7-5-12-16-17-13(18-12)10-6-8-15-11-4-2-1-3-9(10)11/h1-4,6,8H,5,7H2. The molecule has 0 aliphatic heterocycles. The summed E-state index contributed by atoms with van der Waals surface area (Å²) >= 11 is 5.65. The van der Waals surface area contributed by atoms with Crippen molar-refractivity contribution in [2.75, 3.05) is 5.88 Å². The Morgan fingerprint density at radius 1 is 1.11 bits per heavy atom. The Hall–Kier alpha value is -1.94. The van der Waals surface area contributed by atoms with Gasteiger partial charge in [0.15, 0.2) is 0 Å². The molecule has 2 heterocycles. The molecule has 0 N–H and O–H groups in total. The lowest BCUT2D eigenvalue weighted by Gasteiger charge is -2.00. The summed E-state index contributed by atoms with van der Waals surface area (Å²) in [4.78, 5) is 4.30. The molecule has 0 spiro atoms. The first-order valence-corrected chi connectivity index (χ1v) is 6.14. The lowest BCUT2D eigenvalue weighted by molar-refractivity contribution is 0.514. The Morgan fingerprint density at radius 3 is 2.89 bits per heavy atom. The molecule has 90 valence electrons. The van der Waals surface area contributed by atoms with Crippen molar-refractivity contribution >= 4 is 22.5 Å². The number of aryl methyl sites for hydroxylation is 1. The maximum atomic E-state index is 5.65. The second-order valence-corrected chi connectivity index (χ2v) is 4.19. The number of benzene rings is 1. The Labute approximate surface area is 109 Å². The van der Waals surface area contributed by atoms with E-state index in [0.717, 1.165) is 16.5 Å². The summed E-state index contributed by atoms with van der Waals surface area (Å²) in [7, 11) is 0. The van der Waals surface area contributed by atoms with E-state index in [0.29, 0.717) is 24.1 Å². The first-order chi connectivity index (χ1) is 8.88. The molecule has 0 bridgehead atoms. The molecular weight excluding hydrogens is 250 g/mol. The third-order valence-electron chi connectivity index (χ3n) is 2.65. The first-order valence-electron chi connectivity index (χ1n) is 5.61. The molecule has 0 radical (unpaired) electrons. The SMILES string of the molecule is ClCCc1nnc(-c2ccnc3ccccc23)o1. The molecule has 0 saturated carbocycles. The van der Waals surface area contributed by atoms with E-state index < -0.39 is 0 Å². The minimum atomic E-state index is 0.471. The largest absolute Gasteiger partial charge is 0.421 e. The van der Waals surface area contributed by atoms with Crippen molar-refractivity contribution in [3.05, 3.63) is 42.4 Å². The monoisotopic (exact) mass is 259 g/mol. The fourth-order valence-electron chi connectivity index (χ4n) is 1.83. The van der Waals surface area contributed by atoms with Crippen LogP contribution in [0.1, 0.15) is 5.89 Å². The predicted octanol–water partition coefficient (Wildman–Crippen LogP) is 3.07. The second kappa shape index (κ2) is 4.74. The van der Waals surface area contributed by atoms with Crippen LogP contribution in [0.5, 0.6) is 0 Å². The number of hydrogen-bond donors (Lipinski definition) is 0. The normalized spacial score (nSPS) is 10.9. The Morgan fingerprint density at radius 2 is 2.00 bits per heavy atom. The van der Waals surface area contributed by atoms with Crippen LogP contribution in [-0.4, -0.2) is 21.1 Å². The van der Waals surface area contributed by atoms with Crippen LogP contribution in [0, 0.1) is 0 Å². The van der Waals surface area contributed by atoms with E-state index in [1.54, 1.807) is 6.20 Å². The van der Waals surface area contributed by atoms with Gasteiger partial charge < -0.3 is 4.42 Å². The molecule has 1 aromatic carbocycles. The van der Waals surface area contributed by atoms with Gasteiger partial charge in [-0.2, -0.15) is 0 Å². The molecule has 0 amide bonds. The van der Waals surface area contributed by atoms with E-state index in [1.807, 2.05) is 30.3 Å². The summed E-state index contributed by atoms with van der Waals surface area (Å²) in [5.74, 6) is 1.54. The van der Waals surface area contributed by atoms with Gasteiger partial charge in [0.2, 0.25) is 11.8 Å². The zero-order valence-corrected chi connectivity index (χ0v) is 10.3. The van der Waals surface area contributed by atoms with Crippen molar-refractivity contribution < 1.29 is 4.42 Å². The van der Waals surface area contributed by atoms with Crippen LogP contribution in [0.15, 0.2) is 40.9 Å². The highest BCUT2D eigenvalue weighted by molar-refractivity contribution is 6.17. The molecule has 3 rings (SSSR count). The summed E-state index contributed by atoms with van der Waals surface area (Å²) in [6, 6.07) is 9.73. The average Bonchev–Trinajstić information content (AvgIpc) is 2.87. The smallest absolute Gasteiger partial charge is 0.248 e. The van der Waals surface area contributed by atoms with Crippen LogP contribution in [0.2, 0.25) is 0 Å². The van der Waals surface area contributed by atoms with E-state index in [4.69, 9.17) is 16.0 Å². The number of alkyl halides is 1. The van der Waals surface area contributed by atoms with Crippen LogP contribution >= 0.6 is 11.6 Å². The van der Waals surface area contributed by atoms with Crippen LogP contribution in [0.25, 0.3) is 22.4 Å². The lowest BCUT2D eigenvalue weighted by Crippen LogP contribution is -1.84. The van der Waals surface area contributed by atoms with Gasteiger partial charge in [-0.15, -0.1) is 21.8 Å². The number of fused-ring (bicyclic) bond motifs is 1. The van der Waals surface area contributed by atoms with Crippen molar-refractivity contribution in [3.63, 3.8) is 0 Å². The quantitative estimate of drug-likeness (QED) is 0.679. The summed E-state index contributed by atoms with van der Waals surface area (Å²) < 4.78 is 5.58. The Balaban J connectivity index is 2.12. The van der Waals surface area contributed by atoms with E-state index in [1.165, 1.54) is 0 Å². The number of pyridine rings is 1. The molecule has 2 aromatic heterocycles. The highest BCUT2D eigenvalue weighted by Gasteiger charge is 2.11. The first kappa shape index (κ1) is 11.2. The van der Waals surface area contributed by atoms with Crippen molar-refractivity contribution in [2.24, 2.45) is 0 Å². The number of hydrogen-bond acceptors (Lipinski definition) is 4. The van der Waals surface area contributed by atoms with Crippen molar-refractivity contribution in [2.45, 2.75) is 6.42 Å². The van der Waals surface area contributed by atoms with Crippen LogP contribution in [0.4, 0.5) is 0 Å². The van der Waals surface area contributed by atoms with Gasteiger partial charge in [-0.25, -0.2) is 0 Å². The molecule has 0 unspecified atom stereocenters. The zero-order valence-electron chi connectivity index (χ0n) is 9.51. The number of aromatic nitrogens is 3. The highest BCUT2D eigenvalue weighted by atomic mass is 35.5. The third-order valence-corrected chi connectivity index (χ3v) is 2.84. The molecule has 0 aliphatic rings. The molecule has 3 aromatic rings. The molecule has 5 heteroatoms. The fourth-order valence-corrected chi connectivity index (χ4v) is 1.99. The summed E-state index contributed by atoms with van der Waals surface area (Å²) in [5.41, 5.74) is 1.81. The van der Waals surface area contributed by atoms with Gasteiger partial charge in [-0.3, -0.25) is 4.98 Å². The molecule has 0 saturated heterocycles. The summed E-state index contributed by atoms with van der Waals surface area (Å²) in [6.45, 7) is 0. The summed E-state index contributed by atoms with van der Waals surface area (Å²) in [5, 5.41) is 9.02. The van der Waals surface area contributed by atoms with Crippen LogP contribution in [-0.2, 0) is 6.42 Å². The van der Waals surface area contributed by atoms with Crippen molar-refractivity contribution in [1.82, 2.24) is 15.2 Å². The topological polar surface area (TPSA) is 51.8 Å². The van der Waals surface area contributed by atoms with Gasteiger partial charge in [0.05, 0.1) is 5.52 Å². The zero-order chi connectivity index (χ0) is 12.4. The highest BCUT2D eigenvalue weighted by Crippen LogP contribution is 2.26. The fraction of sp³-hybridized carbons (Fsp3) is 0.154. The number of para-hydroxylation sites is 1. The molecule has 4 nitrogen and oxygen atoms in total. The van der Waals surface area contributed by atoms with E-state index >= 15 is 0 Å². The molecule has 18 heavy (non-hydrogen) atoms. The lowest BCUT2D eigenvalue weighted by atomic mass is 10.1. The number of rotatable bonds is 3. The maximum Gasteiger partial charge on any atom is 0.248 e. The Bertz CT molecular complexity index is 675. The van der Waals surface area contributed by atoms with Gasteiger partial charge in [0.1, 0.15) is 0 Å². The molecular formula is C13H10ClN3O. The van der Waals surface area contributed by atoms with Gasteiger partial charge in [-0.1, -0.05) is 18.2 Å². The Kier molecular flexibility index (Phi) is 2.94. The second-order valence-electron chi connectivity index (χ2n) is 3.82. The van der Waals surface area contributed by atoms with E-state index in [-0.39, 0.29) is 0 Å². The van der Waals surface area contributed by atoms with E-state index in [9.17, 15) is 0 Å². The molecule has 0 aliphatic carbocycles. The van der Waals surface area contributed by atoms with E-state index in [2.05, 4.69) is 15.2 Å². The average molecular weight is 260 g/mol. The van der Waals surface area contributed by atoms with Crippen molar-refractivity contribution in [3.8, 4) is 11.5 Å². The molecule has 0 fully saturated rings. The van der Waals surface area contributed by atoms with Gasteiger partial charge in [0, 0.05) is 29.4 Å². The van der Waals surface area contributed by atoms with Gasteiger partial charge >= 0.3 is 0 Å². The van der Waals surface area contributed by atoms with Crippen LogP contribution in [0.3, 0.4) is 0 Å². The summed E-state index contributed by atoms with van der Waals surface area (Å²) in [6.07, 6.45) is 2.32. The van der Waals surface area contributed by atoms with Gasteiger partial charge in [-0.05, 0) is 12.1 Å². The predicted molar refractivity (Wildman–Crippen MR) is 69.5 cm³/mol. The van der Waals surface area contributed by atoms with Crippen LogP contribution < -0.4 is 0 Å². The maximum absolute atomic E-state index is 5.65. The molecule has 0 atom stereocenters. The van der Waals surface area contributed by atoms with Gasteiger partial charge in [0.25, 0.3) is 0 Å². The van der Waals surface area contributed by atoms with Crippen molar-refractivity contribution in [1.29, 1.82) is 0 Å². The minimum absolute atomic E-state index is 0.471. The third kappa shape index (κ3) is 1.95.